The summed E-state index contributed by atoms with van der Waals surface area (Å²) in [6.45, 7) is 12.7. The third-order valence-electron chi connectivity index (χ3n) is 2.88. The van der Waals surface area contributed by atoms with Gasteiger partial charge >= 0.3 is 0 Å². The topological polar surface area (TPSA) is 21.6 Å². The molecule has 0 aliphatic rings. The summed E-state index contributed by atoms with van der Waals surface area (Å²) in [4.78, 5) is 5.18. The fourth-order valence-electron chi connectivity index (χ4n) is 1.79. The molecule has 19 heavy (non-hydrogen) atoms. The van der Waals surface area contributed by atoms with Crippen molar-refractivity contribution in [1.82, 2.24) is 0 Å². The molecule has 0 fully saturated rings. The van der Waals surface area contributed by atoms with Gasteiger partial charge in [0.2, 0.25) is 0 Å². The second-order valence-electron chi connectivity index (χ2n) is 5.80. The zero-order valence-electron chi connectivity index (χ0n) is 12.6. The highest BCUT2D eigenvalue weighted by atomic mass is 16.6. The van der Waals surface area contributed by atoms with Crippen molar-refractivity contribution in [2.75, 3.05) is 6.61 Å². The average Bonchev–Trinajstić information content (AvgIpc) is 2.35. The standard InChI is InChI=1S/C17H25NO/c1-6-15-7-9-16(10-8-15)11-17(4,5)13-18-19-12-14(2)3/h7-10,13H,2,6,11-12H2,1,3-5H3/b18-13+. The Morgan fingerprint density at radius 2 is 1.84 bits per heavy atom. The van der Waals surface area contributed by atoms with Gasteiger partial charge in [-0.3, -0.25) is 0 Å². The lowest BCUT2D eigenvalue weighted by molar-refractivity contribution is 0.166. The van der Waals surface area contributed by atoms with Crippen molar-refractivity contribution in [2.24, 2.45) is 10.6 Å². The SMILES string of the molecule is C=C(C)CO/N=C/C(C)(C)Cc1ccc(CC)cc1. The maximum absolute atomic E-state index is 5.18. The van der Waals surface area contributed by atoms with Crippen molar-refractivity contribution in [2.45, 2.75) is 40.5 Å². The van der Waals surface area contributed by atoms with E-state index in [1.54, 1.807) is 0 Å². The molecule has 2 heteroatoms. The molecule has 0 heterocycles. The summed E-state index contributed by atoms with van der Waals surface area (Å²) in [7, 11) is 0. The van der Waals surface area contributed by atoms with Gasteiger partial charge in [0.1, 0.15) is 6.61 Å². The third-order valence-corrected chi connectivity index (χ3v) is 2.88. The third kappa shape index (κ3) is 6.23. The molecular weight excluding hydrogens is 234 g/mol. The maximum atomic E-state index is 5.18. The van der Waals surface area contributed by atoms with Gasteiger partial charge in [-0.05, 0) is 36.5 Å². The zero-order chi connectivity index (χ0) is 14.3. The van der Waals surface area contributed by atoms with Crippen molar-refractivity contribution < 1.29 is 4.84 Å². The maximum Gasteiger partial charge on any atom is 0.137 e. The van der Waals surface area contributed by atoms with Gasteiger partial charge in [0.25, 0.3) is 0 Å². The minimum absolute atomic E-state index is 0.0111. The Bertz CT molecular complexity index is 429. The van der Waals surface area contributed by atoms with Gasteiger partial charge in [-0.1, -0.05) is 56.8 Å². The molecule has 0 saturated carbocycles. The normalized spacial score (nSPS) is 11.8. The lowest BCUT2D eigenvalue weighted by Crippen LogP contribution is -2.17. The van der Waals surface area contributed by atoms with Crippen LogP contribution in [0.4, 0.5) is 0 Å². The quantitative estimate of drug-likeness (QED) is 0.404. The molecule has 1 aromatic carbocycles. The van der Waals surface area contributed by atoms with Crippen molar-refractivity contribution >= 4 is 6.21 Å². The number of nitrogens with zero attached hydrogens (tertiary/aromatic N) is 1. The first-order valence-corrected chi connectivity index (χ1v) is 6.81. The number of aryl methyl sites for hydroxylation is 1. The van der Waals surface area contributed by atoms with Crippen LogP contribution in [-0.2, 0) is 17.7 Å². The van der Waals surface area contributed by atoms with E-state index in [0.717, 1.165) is 18.4 Å². The van der Waals surface area contributed by atoms with Gasteiger partial charge in [-0.25, -0.2) is 0 Å². The number of benzene rings is 1. The molecule has 0 aliphatic heterocycles. The molecule has 0 atom stereocenters. The highest BCUT2D eigenvalue weighted by molar-refractivity contribution is 5.64. The molecule has 2 nitrogen and oxygen atoms in total. The first kappa shape index (κ1) is 15.5. The van der Waals surface area contributed by atoms with Crippen LogP contribution in [0.5, 0.6) is 0 Å². The van der Waals surface area contributed by atoms with Crippen molar-refractivity contribution in [3.63, 3.8) is 0 Å². The molecule has 0 spiro atoms. The van der Waals surface area contributed by atoms with Crippen LogP contribution >= 0.6 is 0 Å². The Kier molecular flexibility index (Phi) is 5.81. The number of hydrogen-bond acceptors (Lipinski definition) is 2. The van der Waals surface area contributed by atoms with Gasteiger partial charge in [0, 0.05) is 11.6 Å². The van der Waals surface area contributed by atoms with Crippen LogP contribution in [0.3, 0.4) is 0 Å². The van der Waals surface area contributed by atoms with Gasteiger partial charge in [-0.15, -0.1) is 0 Å². The smallest absolute Gasteiger partial charge is 0.137 e. The number of hydrogen-bond donors (Lipinski definition) is 0. The molecular formula is C17H25NO. The average molecular weight is 259 g/mol. The van der Waals surface area contributed by atoms with E-state index in [1.807, 2.05) is 13.1 Å². The molecule has 0 N–H and O–H groups in total. The van der Waals surface area contributed by atoms with Crippen LogP contribution in [-0.4, -0.2) is 12.8 Å². The van der Waals surface area contributed by atoms with Gasteiger partial charge in [-0.2, -0.15) is 0 Å². The highest BCUT2D eigenvalue weighted by Crippen LogP contribution is 2.20. The summed E-state index contributed by atoms with van der Waals surface area (Å²) >= 11 is 0. The first-order chi connectivity index (χ1) is 8.93. The fraction of sp³-hybridized carbons (Fsp3) is 0.471. The second-order valence-corrected chi connectivity index (χ2v) is 5.80. The summed E-state index contributed by atoms with van der Waals surface area (Å²) in [5.74, 6) is 0. The van der Waals surface area contributed by atoms with Crippen molar-refractivity contribution in [3.05, 3.63) is 47.5 Å². The molecule has 1 aromatic rings. The van der Waals surface area contributed by atoms with E-state index in [2.05, 4.69) is 56.8 Å². The minimum atomic E-state index is -0.0111. The first-order valence-electron chi connectivity index (χ1n) is 6.81. The highest BCUT2D eigenvalue weighted by Gasteiger charge is 2.16. The second kappa shape index (κ2) is 7.13. The van der Waals surface area contributed by atoms with Crippen LogP contribution in [0.15, 0.2) is 41.6 Å². The lowest BCUT2D eigenvalue weighted by atomic mass is 9.87. The van der Waals surface area contributed by atoms with E-state index in [-0.39, 0.29) is 5.41 Å². The Hall–Kier alpha value is -1.57. The Morgan fingerprint density at radius 3 is 2.37 bits per heavy atom. The van der Waals surface area contributed by atoms with Crippen LogP contribution in [0.1, 0.15) is 38.8 Å². The molecule has 0 amide bonds. The predicted molar refractivity (Wildman–Crippen MR) is 82.6 cm³/mol. The Morgan fingerprint density at radius 1 is 1.26 bits per heavy atom. The van der Waals surface area contributed by atoms with E-state index in [1.165, 1.54) is 11.1 Å². The predicted octanol–water partition coefficient (Wildman–Crippen LogP) is 4.40. The van der Waals surface area contributed by atoms with Gasteiger partial charge in [0.05, 0.1) is 0 Å². The Labute approximate surface area is 117 Å². The van der Waals surface area contributed by atoms with E-state index in [0.29, 0.717) is 6.61 Å². The van der Waals surface area contributed by atoms with Gasteiger partial charge in [0.15, 0.2) is 0 Å². The van der Waals surface area contributed by atoms with E-state index < -0.39 is 0 Å². The van der Waals surface area contributed by atoms with Crippen LogP contribution in [0, 0.1) is 5.41 Å². The fourth-order valence-corrected chi connectivity index (χ4v) is 1.79. The lowest BCUT2D eigenvalue weighted by Gasteiger charge is -2.19. The summed E-state index contributed by atoms with van der Waals surface area (Å²) in [6, 6.07) is 8.78. The van der Waals surface area contributed by atoms with E-state index in [4.69, 9.17) is 4.84 Å². The minimum Gasteiger partial charge on any atom is -0.392 e. The van der Waals surface area contributed by atoms with Crippen LogP contribution in [0.2, 0.25) is 0 Å². The molecule has 0 unspecified atom stereocenters. The monoisotopic (exact) mass is 259 g/mol. The Balaban J connectivity index is 2.54. The largest absolute Gasteiger partial charge is 0.392 e. The molecule has 0 aliphatic carbocycles. The zero-order valence-corrected chi connectivity index (χ0v) is 12.6. The van der Waals surface area contributed by atoms with E-state index >= 15 is 0 Å². The summed E-state index contributed by atoms with van der Waals surface area (Å²) < 4.78 is 0. The molecule has 1 rings (SSSR count). The molecule has 0 aromatic heterocycles. The summed E-state index contributed by atoms with van der Waals surface area (Å²) in [5.41, 5.74) is 3.67. The van der Waals surface area contributed by atoms with E-state index in [9.17, 15) is 0 Å². The molecule has 0 radical (unpaired) electrons. The molecule has 0 saturated heterocycles. The summed E-state index contributed by atoms with van der Waals surface area (Å²) in [5, 5.41) is 4.03. The van der Waals surface area contributed by atoms with Crippen molar-refractivity contribution in [3.8, 4) is 0 Å². The number of oxime groups is 1. The number of rotatable bonds is 7. The summed E-state index contributed by atoms with van der Waals surface area (Å²) in [6.07, 6.45) is 3.92. The molecule has 104 valence electrons. The van der Waals surface area contributed by atoms with Crippen molar-refractivity contribution in [1.29, 1.82) is 0 Å². The van der Waals surface area contributed by atoms with Crippen LogP contribution < -0.4 is 0 Å². The van der Waals surface area contributed by atoms with Crippen LogP contribution in [0.25, 0.3) is 0 Å². The molecule has 0 bridgehead atoms. The van der Waals surface area contributed by atoms with Gasteiger partial charge < -0.3 is 4.84 Å².